The van der Waals surface area contributed by atoms with E-state index in [1.54, 1.807) is 41.8 Å². The van der Waals surface area contributed by atoms with E-state index in [9.17, 15) is 13.2 Å². The Hall–Kier alpha value is -2.84. The lowest BCUT2D eigenvalue weighted by molar-refractivity contribution is 0.0953. The van der Waals surface area contributed by atoms with E-state index >= 15 is 0 Å². The van der Waals surface area contributed by atoms with Crippen LogP contribution in [0.2, 0.25) is 0 Å². The molecule has 0 fully saturated rings. The Morgan fingerprint density at radius 2 is 1.77 bits per heavy atom. The number of hydrogen-bond donors (Lipinski definition) is 2. The summed E-state index contributed by atoms with van der Waals surface area (Å²) in [7, 11) is -3.59. The molecule has 0 unspecified atom stereocenters. The first-order valence-electron chi connectivity index (χ1n) is 9.64. The van der Waals surface area contributed by atoms with E-state index in [1.165, 1.54) is 5.56 Å². The molecule has 3 aromatic rings. The van der Waals surface area contributed by atoms with Crippen molar-refractivity contribution in [2.45, 2.75) is 24.0 Å². The maximum absolute atomic E-state index is 12.3. The van der Waals surface area contributed by atoms with Gasteiger partial charge in [-0.2, -0.15) is 0 Å². The summed E-state index contributed by atoms with van der Waals surface area (Å²) < 4.78 is 32.7. The highest BCUT2D eigenvalue weighted by molar-refractivity contribution is 7.94. The molecular weight excluding hydrogens is 420 g/mol. The number of rotatable bonds is 10. The molecule has 2 aromatic carbocycles. The Labute approximate surface area is 181 Å². The number of amides is 1. The quantitative estimate of drug-likeness (QED) is 0.457. The molecule has 158 valence electrons. The Morgan fingerprint density at radius 3 is 2.40 bits per heavy atom. The number of hydrogen-bond acceptors (Lipinski definition) is 5. The van der Waals surface area contributed by atoms with E-state index in [0.29, 0.717) is 24.4 Å². The molecular formula is C22H24N2O4S2. The average molecular weight is 445 g/mol. The summed E-state index contributed by atoms with van der Waals surface area (Å²) >= 11 is 1.15. The Kier molecular flexibility index (Phi) is 7.48. The predicted octanol–water partition coefficient (Wildman–Crippen LogP) is 4.31. The van der Waals surface area contributed by atoms with Gasteiger partial charge in [0.2, 0.25) is 0 Å². The highest BCUT2D eigenvalue weighted by Crippen LogP contribution is 2.20. The first-order chi connectivity index (χ1) is 14.5. The first kappa shape index (κ1) is 21.9. The van der Waals surface area contributed by atoms with Crippen LogP contribution in [0.4, 0.5) is 5.69 Å². The summed E-state index contributed by atoms with van der Waals surface area (Å²) in [6.07, 6.45) is 1.68. The van der Waals surface area contributed by atoms with E-state index in [1.807, 2.05) is 31.2 Å². The van der Waals surface area contributed by atoms with Gasteiger partial charge >= 0.3 is 0 Å². The van der Waals surface area contributed by atoms with Gasteiger partial charge in [-0.05, 0) is 73.2 Å². The van der Waals surface area contributed by atoms with E-state index in [-0.39, 0.29) is 10.1 Å². The monoisotopic (exact) mass is 444 g/mol. The van der Waals surface area contributed by atoms with Crippen molar-refractivity contribution in [3.63, 3.8) is 0 Å². The van der Waals surface area contributed by atoms with Crippen LogP contribution < -0.4 is 14.8 Å². The fourth-order valence-electron chi connectivity index (χ4n) is 2.83. The number of carbonyl (C=O) groups excluding carboxylic acids is 1. The Bertz CT molecular complexity index is 1050. The van der Waals surface area contributed by atoms with Crippen LogP contribution in [-0.4, -0.2) is 27.5 Å². The van der Waals surface area contributed by atoms with Crippen molar-refractivity contribution in [2.75, 3.05) is 17.9 Å². The molecule has 0 radical (unpaired) electrons. The molecule has 6 nitrogen and oxygen atoms in total. The number of carbonyl (C=O) groups is 1. The third-order valence-electron chi connectivity index (χ3n) is 4.32. The van der Waals surface area contributed by atoms with Gasteiger partial charge in [0.15, 0.2) is 0 Å². The number of anilines is 1. The van der Waals surface area contributed by atoms with Gasteiger partial charge in [0.1, 0.15) is 9.96 Å². The van der Waals surface area contributed by atoms with Crippen LogP contribution in [0.1, 0.15) is 29.3 Å². The Balaban J connectivity index is 1.45. The lowest BCUT2D eigenvalue weighted by atomic mass is 10.1. The van der Waals surface area contributed by atoms with Crippen molar-refractivity contribution >= 4 is 33.0 Å². The van der Waals surface area contributed by atoms with Crippen molar-refractivity contribution in [3.8, 4) is 5.75 Å². The fraction of sp³-hybridized carbons (Fsp3) is 0.227. The maximum atomic E-state index is 12.3. The normalized spacial score (nSPS) is 11.1. The summed E-state index contributed by atoms with van der Waals surface area (Å²) in [5, 5.41) is 4.60. The molecule has 30 heavy (non-hydrogen) atoms. The van der Waals surface area contributed by atoms with Gasteiger partial charge < -0.3 is 10.1 Å². The van der Waals surface area contributed by atoms with Crippen LogP contribution in [0.15, 0.2) is 70.3 Å². The molecule has 1 heterocycles. The van der Waals surface area contributed by atoms with Crippen LogP contribution in [0, 0.1) is 0 Å². The van der Waals surface area contributed by atoms with E-state index in [4.69, 9.17) is 4.74 Å². The lowest BCUT2D eigenvalue weighted by Gasteiger charge is -2.09. The van der Waals surface area contributed by atoms with Gasteiger partial charge in [0, 0.05) is 17.8 Å². The molecule has 0 aliphatic heterocycles. The average Bonchev–Trinajstić information content (AvgIpc) is 3.29. The molecule has 0 aliphatic carbocycles. The highest BCUT2D eigenvalue weighted by atomic mass is 32.2. The number of ether oxygens (including phenoxy) is 1. The maximum Gasteiger partial charge on any atom is 0.271 e. The molecule has 2 N–H and O–H groups in total. The minimum absolute atomic E-state index is 0.186. The van der Waals surface area contributed by atoms with Crippen LogP contribution in [-0.2, 0) is 16.4 Å². The van der Waals surface area contributed by atoms with E-state index in [2.05, 4.69) is 10.0 Å². The zero-order valence-electron chi connectivity index (χ0n) is 16.6. The third kappa shape index (κ3) is 6.08. The zero-order valence-corrected chi connectivity index (χ0v) is 18.3. The minimum Gasteiger partial charge on any atom is -0.494 e. The second-order valence-corrected chi connectivity index (χ2v) is 9.41. The molecule has 8 heteroatoms. The summed E-state index contributed by atoms with van der Waals surface area (Å²) in [5.74, 6) is 0.671. The van der Waals surface area contributed by atoms with Crippen molar-refractivity contribution in [1.29, 1.82) is 0 Å². The summed E-state index contributed by atoms with van der Waals surface area (Å²) in [6.45, 7) is 3.15. The molecule has 0 atom stereocenters. The standard InChI is InChI=1S/C22H24N2O4S2/c1-2-28-20-13-7-17(8-14-20)5-3-15-23-22(25)18-9-11-19(12-10-18)24-30(26,27)21-6-4-16-29-21/h4,6-14,16,24H,2-3,5,15H2,1H3,(H,23,25). The third-order valence-corrected chi connectivity index (χ3v) is 7.10. The van der Waals surface area contributed by atoms with Crippen molar-refractivity contribution < 1.29 is 17.9 Å². The molecule has 0 spiro atoms. The molecule has 0 aliphatic rings. The van der Waals surface area contributed by atoms with Crippen molar-refractivity contribution in [1.82, 2.24) is 5.32 Å². The predicted molar refractivity (Wildman–Crippen MR) is 120 cm³/mol. The SMILES string of the molecule is CCOc1ccc(CCCNC(=O)c2ccc(NS(=O)(=O)c3cccs3)cc2)cc1. The van der Waals surface area contributed by atoms with E-state index < -0.39 is 10.0 Å². The highest BCUT2D eigenvalue weighted by Gasteiger charge is 2.15. The van der Waals surface area contributed by atoms with Gasteiger partial charge in [0.25, 0.3) is 15.9 Å². The number of thiophene rings is 1. The van der Waals surface area contributed by atoms with Gasteiger partial charge in [-0.15, -0.1) is 11.3 Å². The molecule has 1 aromatic heterocycles. The van der Waals surface area contributed by atoms with Gasteiger partial charge in [-0.3, -0.25) is 9.52 Å². The van der Waals surface area contributed by atoms with Crippen LogP contribution in [0.5, 0.6) is 5.75 Å². The summed E-state index contributed by atoms with van der Waals surface area (Å²) in [6, 6.07) is 17.6. The second kappa shape index (κ2) is 10.3. The number of sulfonamides is 1. The lowest BCUT2D eigenvalue weighted by Crippen LogP contribution is -2.24. The first-order valence-corrected chi connectivity index (χ1v) is 12.0. The summed E-state index contributed by atoms with van der Waals surface area (Å²) in [5.41, 5.74) is 2.08. The molecule has 1 amide bonds. The van der Waals surface area contributed by atoms with Crippen molar-refractivity contribution in [3.05, 3.63) is 77.2 Å². The minimum atomic E-state index is -3.59. The number of nitrogens with one attached hydrogen (secondary N) is 2. The molecule has 0 saturated carbocycles. The summed E-state index contributed by atoms with van der Waals surface area (Å²) in [4.78, 5) is 12.3. The van der Waals surface area contributed by atoms with E-state index in [0.717, 1.165) is 29.9 Å². The van der Waals surface area contributed by atoms with Gasteiger partial charge in [-0.25, -0.2) is 8.42 Å². The number of aryl methyl sites for hydroxylation is 1. The molecule has 0 bridgehead atoms. The fourth-order valence-corrected chi connectivity index (χ4v) is 4.88. The van der Waals surface area contributed by atoms with Gasteiger partial charge in [-0.1, -0.05) is 18.2 Å². The smallest absolute Gasteiger partial charge is 0.271 e. The molecule has 3 rings (SSSR count). The number of benzene rings is 2. The van der Waals surface area contributed by atoms with Crippen LogP contribution in [0.3, 0.4) is 0 Å². The Morgan fingerprint density at radius 1 is 1.03 bits per heavy atom. The van der Waals surface area contributed by atoms with Gasteiger partial charge in [0.05, 0.1) is 6.61 Å². The molecule has 0 saturated heterocycles. The van der Waals surface area contributed by atoms with Crippen LogP contribution in [0.25, 0.3) is 0 Å². The van der Waals surface area contributed by atoms with Crippen LogP contribution >= 0.6 is 11.3 Å². The second-order valence-electron chi connectivity index (χ2n) is 6.55. The topological polar surface area (TPSA) is 84.5 Å². The van der Waals surface area contributed by atoms with Crippen molar-refractivity contribution in [2.24, 2.45) is 0 Å². The zero-order chi connectivity index (χ0) is 21.4. The largest absolute Gasteiger partial charge is 0.494 e.